The monoisotopic (exact) mass is 677 g/mol. The van der Waals surface area contributed by atoms with Crippen LogP contribution in [-0.2, 0) is 32.6 Å². The van der Waals surface area contributed by atoms with Gasteiger partial charge >= 0.3 is 0 Å². The summed E-state index contributed by atoms with van der Waals surface area (Å²) in [5.41, 5.74) is 1.83. The molecule has 4 aromatic carbocycles. The first-order valence-corrected chi connectivity index (χ1v) is 17.6. The normalized spacial score (nSPS) is 14.3. The van der Waals surface area contributed by atoms with Crippen LogP contribution in [0.15, 0.2) is 114 Å². The Morgan fingerprint density at radius 2 is 1.39 bits per heavy atom. The zero-order valence-corrected chi connectivity index (χ0v) is 27.7. The lowest BCUT2D eigenvalue weighted by atomic mass is 9.94. The highest BCUT2D eigenvalue weighted by Crippen LogP contribution is 2.27. The van der Waals surface area contributed by atoms with Crippen molar-refractivity contribution in [2.45, 2.75) is 62.0 Å². The number of anilines is 1. The van der Waals surface area contributed by atoms with Gasteiger partial charge in [0, 0.05) is 29.1 Å². The van der Waals surface area contributed by atoms with Crippen molar-refractivity contribution < 1.29 is 18.0 Å². The van der Waals surface area contributed by atoms with Crippen molar-refractivity contribution in [1.29, 1.82) is 0 Å². The SMILES string of the molecule is O=C(NC1CCCCC1)C(Cc1ccccc1)N(Cc1ccccc1Cl)C(=O)CN(c1ccccc1)S(=O)(=O)c1ccc(Cl)cc1. The number of hydrogen-bond acceptors (Lipinski definition) is 4. The van der Waals surface area contributed by atoms with Gasteiger partial charge in [-0.2, -0.15) is 0 Å². The zero-order chi connectivity index (χ0) is 32.5. The molecule has 0 aliphatic heterocycles. The summed E-state index contributed by atoms with van der Waals surface area (Å²) in [5, 5.41) is 4.04. The fourth-order valence-electron chi connectivity index (χ4n) is 5.77. The maximum atomic E-state index is 14.6. The summed E-state index contributed by atoms with van der Waals surface area (Å²) in [4.78, 5) is 30.2. The molecule has 5 rings (SSSR count). The van der Waals surface area contributed by atoms with Crippen molar-refractivity contribution in [2.75, 3.05) is 10.8 Å². The molecule has 240 valence electrons. The Morgan fingerprint density at radius 1 is 0.783 bits per heavy atom. The number of benzene rings is 4. The minimum Gasteiger partial charge on any atom is -0.352 e. The summed E-state index contributed by atoms with van der Waals surface area (Å²) in [7, 11) is -4.21. The van der Waals surface area contributed by atoms with Crippen LogP contribution in [0.1, 0.15) is 43.2 Å². The molecule has 1 aliphatic carbocycles. The van der Waals surface area contributed by atoms with E-state index < -0.39 is 28.5 Å². The standard InChI is InChI=1S/C36H37Cl2N3O4S/c37-29-20-22-32(23-21-29)46(44,45)41(31-17-8-3-9-18-31)26-35(42)40(25-28-14-10-11-19-33(28)38)34(24-27-12-4-1-5-13-27)36(43)39-30-15-6-2-7-16-30/h1,3-5,8-14,17-23,30,34H,2,6-7,15-16,24-26H2,(H,39,43). The number of carbonyl (C=O) groups is 2. The average molecular weight is 679 g/mol. The van der Waals surface area contributed by atoms with Crippen LogP contribution in [0.2, 0.25) is 10.0 Å². The van der Waals surface area contributed by atoms with Gasteiger partial charge in [0.05, 0.1) is 10.6 Å². The lowest BCUT2D eigenvalue weighted by molar-refractivity contribution is -0.140. The number of para-hydroxylation sites is 1. The van der Waals surface area contributed by atoms with Crippen molar-refractivity contribution in [3.8, 4) is 0 Å². The van der Waals surface area contributed by atoms with E-state index in [9.17, 15) is 18.0 Å². The largest absolute Gasteiger partial charge is 0.352 e. The summed E-state index contributed by atoms with van der Waals surface area (Å²) in [6, 6.07) is 30.0. The van der Waals surface area contributed by atoms with Gasteiger partial charge in [-0.3, -0.25) is 13.9 Å². The van der Waals surface area contributed by atoms with Gasteiger partial charge in [0.15, 0.2) is 0 Å². The van der Waals surface area contributed by atoms with E-state index in [1.807, 2.05) is 36.4 Å². The molecular weight excluding hydrogens is 641 g/mol. The molecule has 1 saturated carbocycles. The Balaban J connectivity index is 1.55. The predicted molar refractivity (Wildman–Crippen MR) is 183 cm³/mol. The van der Waals surface area contributed by atoms with Gasteiger partial charge in [-0.05, 0) is 66.4 Å². The van der Waals surface area contributed by atoms with Gasteiger partial charge in [0.2, 0.25) is 11.8 Å². The van der Waals surface area contributed by atoms with E-state index in [2.05, 4.69) is 5.32 Å². The molecule has 1 unspecified atom stereocenters. The van der Waals surface area contributed by atoms with E-state index >= 15 is 0 Å². The molecule has 0 heterocycles. The molecule has 0 spiro atoms. The van der Waals surface area contributed by atoms with Crippen LogP contribution in [0.4, 0.5) is 5.69 Å². The van der Waals surface area contributed by atoms with Crippen LogP contribution in [0.3, 0.4) is 0 Å². The van der Waals surface area contributed by atoms with E-state index in [0.717, 1.165) is 42.0 Å². The van der Waals surface area contributed by atoms with Crippen LogP contribution in [-0.4, -0.2) is 43.8 Å². The van der Waals surface area contributed by atoms with Crippen molar-refractivity contribution in [3.63, 3.8) is 0 Å². The highest BCUT2D eigenvalue weighted by Gasteiger charge is 2.35. The second-order valence-corrected chi connectivity index (χ2v) is 14.2. The van der Waals surface area contributed by atoms with Crippen LogP contribution < -0.4 is 9.62 Å². The molecule has 1 fully saturated rings. The van der Waals surface area contributed by atoms with E-state index in [1.165, 1.54) is 29.2 Å². The third-order valence-corrected chi connectivity index (χ3v) is 10.7. The molecule has 4 aromatic rings. The number of rotatable bonds is 12. The van der Waals surface area contributed by atoms with Crippen molar-refractivity contribution in [2.24, 2.45) is 0 Å². The maximum absolute atomic E-state index is 14.6. The van der Waals surface area contributed by atoms with Crippen LogP contribution in [0, 0.1) is 0 Å². The average Bonchev–Trinajstić information content (AvgIpc) is 3.07. The lowest BCUT2D eigenvalue weighted by Gasteiger charge is -2.35. The number of sulfonamides is 1. The number of nitrogens with one attached hydrogen (secondary N) is 1. The summed E-state index contributed by atoms with van der Waals surface area (Å²) in [5.74, 6) is -0.816. The fourth-order valence-corrected chi connectivity index (χ4v) is 7.50. The molecule has 1 aliphatic rings. The number of amides is 2. The third-order valence-electron chi connectivity index (χ3n) is 8.25. The molecule has 0 saturated heterocycles. The minimum absolute atomic E-state index is 0.0116. The van der Waals surface area contributed by atoms with E-state index in [4.69, 9.17) is 23.2 Å². The first-order valence-electron chi connectivity index (χ1n) is 15.4. The molecule has 0 radical (unpaired) electrons. The van der Waals surface area contributed by atoms with Gasteiger partial charge in [-0.25, -0.2) is 8.42 Å². The maximum Gasteiger partial charge on any atom is 0.264 e. The molecule has 0 aromatic heterocycles. The Morgan fingerprint density at radius 3 is 2.04 bits per heavy atom. The zero-order valence-electron chi connectivity index (χ0n) is 25.4. The van der Waals surface area contributed by atoms with E-state index in [0.29, 0.717) is 21.3 Å². The molecule has 2 amide bonds. The molecular formula is C36H37Cl2N3O4S. The Kier molecular flexibility index (Phi) is 11.4. The number of hydrogen-bond donors (Lipinski definition) is 1. The van der Waals surface area contributed by atoms with Crippen LogP contribution in [0.25, 0.3) is 0 Å². The molecule has 0 bridgehead atoms. The van der Waals surface area contributed by atoms with Crippen molar-refractivity contribution in [1.82, 2.24) is 10.2 Å². The highest BCUT2D eigenvalue weighted by molar-refractivity contribution is 7.92. The number of carbonyl (C=O) groups excluding carboxylic acids is 2. The summed E-state index contributed by atoms with van der Waals surface area (Å²) in [6.45, 7) is -0.529. The first kappa shape index (κ1) is 33.5. The van der Waals surface area contributed by atoms with Crippen molar-refractivity contribution >= 4 is 50.7 Å². The Bertz CT molecular complexity index is 1720. The van der Waals surface area contributed by atoms with Gasteiger partial charge in [0.25, 0.3) is 10.0 Å². The quantitative estimate of drug-likeness (QED) is 0.171. The second kappa shape index (κ2) is 15.6. The van der Waals surface area contributed by atoms with Gasteiger partial charge < -0.3 is 10.2 Å². The minimum atomic E-state index is -4.21. The molecule has 46 heavy (non-hydrogen) atoms. The predicted octanol–water partition coefficient (Wildman–Crippen LogP) is 7.28. The van der Waals surface area contributed by atoms with Gasteiger partial charge in [0.1, 0.15) is 12.6 Å². The van der Waals surface area contributed by atoms with Gasteiger partial charge in [-0.15, -0.1) is 0 Å². The summed E-state index contributed by atoms with van der Waals surface area (Å²) in [6.07, 6.45) is 5.20. The smallest absolute Gasteiger partial charge is 0.264 e. The Hall–Kier alpha value is -3.85. The summed E-state index contributed by atoms with van der Waals surface area (Å²) >= 11 is 12.6. The van der Waals surface area contributed by atoms with Crippen LogP contribution >= 0.6 is 23.2 Å². The van der Waals surface area contributed by atoms with E-state index in [-0.39, 0.29) is 29.8 Å². The lowest BCUT2D eigenvalue weighted by Crippen LogP contribution is -2.55. The fraction of sp³-hybridized carbons (Fsp3) is 0.278. The molecule has 1 N–H and O–H groups in total. The third kappa shape index (κ3) is 8.49. The summed E-state index contributed by atoms with van der Waals surface area (Å²) < 4.78 is 29.2. The topological polar surface area (TPSA) is 86.8 Å². The first-order chi connectivity index (χ1) is 22.2. The molecule has 1 atom stereocenters. The number of nitrogens with zero attached hydrogens (tertiary/aromatic N) is 2. The van der Waals surface area contributed by atoms with Crippen molar-refractivity contribution in [3.05, 3.63) is 130 Å². The number of halogens is 2. The Labute approximate surface area is 281 Å². The molecule has 7 nitrogen and oxygen atoms in total. The second-order valence-electron chi connectivity index (χ2n) is 11.5. The van der Waals surface area contributed by atoms with E-state index in [1.54, 1.807) is 48.5 Å². The molecule has 10 heteroatoms. The van der Waals surface area contributed by atoms with Crippen LogP contribution in [0.5, 0.6) is 0 Å². The highest BCUT2D eigenvalue weighted by atomic mass is 35.5. The van der Waals surface area contributed by atoms with Gasteiger partial charge in [-0.1, -0.05) is 109 Å².